The Morgan fingerprint density at radius 3 is 2.84 bits per heavy atom. The van der Waals surface area contributed by atoms with E-state index in [1.54, 1.807) is 18.5 Å². The molecule has 0 saturated carbocycles. The first-order valence-electron chi connectivity index (χ1n) is 5.94. The SMILES string of the molecule is O=C(O)c1ccc(Sc2ncnc3c2CCC3)nc1. The number of nitrogens with zero attached hydrogens (tertiary/aromatic N) is 3. The molecule has 0 aliphatic heterocycles. The van der Waals surface area contributed by atoms with Crippen molar-refractivity contribution in [2.45, 2.75) is 29.3 Å². The number of hydrogen-bond acceptors (Lipinski definition) is 5. The molecule has 0 spiro atoms. The molecule has 0 bridgehead atoms. The average Bonchev–Trinajstić information content (AvgIpc) is 2.89. The molecule has 0 atom stereocenters. The number of carboxylic acids is 1. The van der Waals surface area contributed by atoms with Crippen LogP contribution >= 0.6 is 11.8 Å². The van der Waals surface area contributed by atoms with Gasteiger partial charge < -0.3 is 5.11 Å². The fourth-order valence-electron chi connectivity index (χ4n) is 2.08. The van der Waals surface area contributed by atoms with Gasteiger partial charge in [0.05, 0.1) is 5.56 Å². The van der Waals surface area contributed by atoms with E-state index in [0.29, 0.717) is 0 Å². The maximum Gasteiger partial charge on any atom is 0.337 e. The average molecular weight is 273 g/mol. The number of aromatic carboxylic acids is 1. The summed E-state index contributed by atoms with van der Waals surface area (Å²) < 4.78 is 0. The summed E-state index contributed by atoms with van der Waals surface area (Å²) >= 11 is 1.46. The third-order valence-electron chi connectivity index (χ3n) is 3.02. The lowest BCUT2D eigenvalue weighted by molar-refractivity contribution is 0.0696. The van der Waals surface area contributed by atoms with Crippen LogP contribution in [-0.4, -0.2) is 26.0 Å². The van der Waals surface area contributed by atoms with Gasteiger partial charge in [0, 0.05) is 17.5 Å². The highest BCUT2D eigenvalue weighted by atomic mass is 32.2. The van der Waals surface area contributed by atoms with Crippen LogP contribution in [0.5, 0.6) is 0 Å². The minimum atomic E-state index is -0.966. The van der Waals surface area contributed by atoms with Gasteiger partial charge in [0.15, 0.2) is 0 Å². The molecule has 0 fully saturated rings. The molecule has 0 unspecified atom stereocenters. The molecule has 2 aromatic rings. The van der Waals surface area contributed by atoms with E-state index in [1.807, 2.05) is 0 Å². The number of pyridine rings is 1. The van der Waals surface area contributed by atoms with Crippen molar-refractivity contribution >= 4 is 17.7 Å². The molecular formula is C13H11N3O2S. The molecule has 6 heteroatoms. The highest BCUT2D eigenvalue weighted by Gasteiger charge is 2.18. The lowest BCUT2D eigenvalue weighted by atomic mass is 10.3. The minimum absolute atomic E-state index is 0.192. The van der Waals surface area contributed by atoms with E-state index < -0.39 is 5.97 Å². The van der Waals surface area contributed by atoms with E-state index in [4.69, 9.17) is 5.11 Å². The third kappa shape index (κ3) is 2.44. The molecule has 0 amide bonds. The Morgan fingerprint density at radius 2 is 2.11 bits per heavy atom. The number of fused-ring (bicyclic) bond motifs is 1. The summed E-state index contributed by atoms with van der Waals surface area (Å²) in [5.41, 5.74) is 2.52. The first kappa shape index (κ1) is 12.1. The number of hydrogen-bond donors (Lipinski definition) is 1. The van der Waals surface area contributed by atoms with Crippen molar-refractivity contribution in [3.8, 4) is 0 Å². The van der Waals surface area contributed by atoms with E-state index in [0.717, 1.165) is 35.0 Å². The van der Waals surface area contributed by atoms with Crippen molar-refractivity contribution in [3.05, 3.63) is 41.5 Å². The monoisotopic (exact) mass is 273 g/mol. The van der Waals surface area contributed by atoms with Gasteiger partial charge in [-0.25, -0.2) is 19.7 Å². The van der Waals surface area contributed by atoms with E-state index in [-0.39, 0.29) is 5.56 Å². The summed E-state index contributed by atoms with van der Waals surface area (Å²) in [6, 6.07) is 3.26. The fraction of sp³-hybridized carbons (Fsp3) is 0.231. The molecule has 1 aliphatic carbocycles. The predicted molar refractivity (Wildman–Crippen MR) is 69.4 cm³/mol. The number of aryl methyl sites for hydroxylation is 1. The van der Waals surface area contributed by atoms with Crippen molar-refractivity contribution in [2.75, 3.05) is 0 Å². The highest BCUT2D eigenvalue weighted by molar-refractivity contribution is 7.99. The van der Waals surface area contributed by atoms with Crippen LogP contribution in [0.15, 0.2) is 34.7 Å². The quantitative estimate of drug-likeness (QED) is 0.864. The molecule has 96 valence electrons. The molecule has 0 saturated heterocycles. The Balaban J connectivity index is 1.86. The lowest BCUT2D eigenvalue weighted by Crippen LogP contribution is -1.97. The highest BCUT2D eigenvalue weighted by Crippen LogP contribution is 2.32. The van der Waals surface area contributed by atoms with Crippen molar-refractivity contribution in [2.24, 2.45) is 0 Å². The van der Waals surface area contributed by atoms with Crippen LogP contribution in [0.1, 0.15) is 28.0 Å². The molecule has 19 heavy (non-hydrogen) atoms. The Morgan fingerprint density at radius 1 is 1.21 bits per heavy atom. The van der Waals surface area contributed by atoms with E-state index in [1.165, 1.54) is 23.5 Å². The fourth-order valence-corrected chi connectivity index (χ4v) is 2.97. The molecular weight excluding hydrogens is 262 g/mol. The van der Waals surface area contributed by atoms with Gasteiger partial charge >= 0.3 is 5.97 Å². The third-order valence-corrected chi connectivity index (χ3v) is 4.02. The molecule has 2 heterocycles. The Bertz CT molecular complexity index is 628. The molecule has 5 nitrogen and oxygen atoms in total. The Hall–Kier alpha value is -1.95. The van der Waals surface area contributed by atoms with Crippen LogP contribution in [-0.2, 0) is 12.8 Å². The summed E-state index contributed by atoms with van der Waals surface area (Å²) in [5.74, 6) is -0.966. The van der Waals surface area contributed by atoms with Crippen LogP contribution in [0.4, 0.5) is 0 Å². The smallest absolute Gasteiger partial charge is 0.337 e. The molecule has 2 aromatic heterocycles. The maximum absolute atomic E-state index is 10.8. The first-order valence-corrected chi connectivity index (χ1v) is 6.75. The predicted octanol–water partition coefficient (Wildman–Crippen LogP) is 2.21. The van der Waals surface area contributed by atoms with Crippen molar-refractivity contribution in [1.82, 2.24) is 15.0 Å². The Kier molecular flexibility index (Phi) is 3.16. The molecule has 0 radical (unpaired) electrons. The Labute approximate surface area is 114 Å². The topological polar surface area (TPSA) is 76.0 Å². The molecule has 0 aromatic carbocycles. The van der Waals surface area contributed by atoms with Gasteiger partial charge in [0.2, 0.25) is 0 Å². The lowest BCUT2D eigenvalue weighted by Gasteiger charge is -2.05. The van der Waals surface area contributed by atoms with Gasteiger partial charge in [-0.3, -0.25) is 0 Å². The van der Waals surface area contributed by atoms with Gasteiger partial charge in [0.1, 0.15) is 16.4 Å². The van der Waals surface area contributed by atoms with E-state index in [9.17, 15) is 4.79 Å². The van der Waals surface area contributed by atoms with E-state index in [2.05, 4.69) is 15.0 Å². The first-order chi connectivity index (χ1) is 9.24. The van der Waals surface area contributed by atoms with Crippen LogP contribution in [0.2, 0.25) is 0 Å². The van der Waals surface area contributed by atoms with Crippen LogP contribution < -0.4 is 0 Å². The van der Waals surface area contributed by atoms with Gasteiger partial charge in [-0.1, -0.05) is 0 Å². The summed E-state index contributed by atoms with van der Waals surface area (Å²) in [6.45, 7) is 0. The zero-order chi connectivity index (χ0) is 13.2. The molecule has 1 N–H and O–H groups in total. The van der Waals surface area contributed by atoms with Gasteiger partial charge in [-0.05, 0) is 43.2 Å². The van der Waals surface area contributed by atoms with Crippen LogP contribution in [0, 0.1) is 0 Å². The van der Waals surface area contributed by atoms with Crippen LogP contribution in [0.25, 0.3) is 0 Å². The summed E-state index contributed by atoms with van der Waals surface area (Å²) in [6.07, 6.45) is 6.08. The van der Waals surface area contributed by atoms with Gasteiger partial charge in [-0.15, -0.1) is 0 Å². The second-order valence-electron chi connectivity index (χ2n) is 4.25. The van der Waals surface area contributed by atoms with Crippen molar-refractivity contribution < 1.29 is 9.90 Å². The number of carboxylic acid groups (broad SMARTS) is 1. The van der Waals surface area contributed by atoms with Crippen LogP contribution in [0.3, 0.4) is 0 Å². The van der Waals surface area contributed by atoms with E-state index >= 15 is 0 Å². The summed E-state index contributed by atoms with van der Waals surface area (Å²) in [5, 5.41) is 10.5. The largest absolute Gasteiger partial charge is 0.478 e. The minimum Gasteiger partial charge on any atom is -0.478 e. The number of aromatic nitrogens is 3. The maximum atomic E-state index is 10.8. The normalized spacial score (nSPS) is 13.3. The number of rotatable bonds is 3. The zero-order valence-electron chi connectivity index (χ0n) is 10.0. The standard InChI is InChI=1S/C13H11N3O2S/c17-13(18)8-4-5-11(14-6-8)19-12-9-2-1-3-10(9)15-7-16-12/h4-7H,1-3H2,(H,17,18). The van der Waals surface area contributed by atoms with Crippen molar-refractivity contribution in [3.63, 3.8) is 0 Å². The summed E-state index contributed by atoms with van der Waals surface area (Å²) in [4.78, 5) is 23.5. The number of carbonyl (C=O) groups is 1. The molecule has 1 aliphatic rings. The van der Waals surface area contributed by atoms with Gasteiger partial charge in [0.25, 0.3) is 0 Å². The second kappa shape index (κ2) is 4.97. The zero-order valence-corrected chi connectivity index (χ0v) is 10.9. The second-order valence-corrected chi connectivity index (χ2v) is 5.26. The van der Waals surface area contributed by atoms with Gasteiger partial charge in [-0.2, -0.15) is 0 Å². The van der Waals surface area contributed by atoms with Crippen molar-refractivity contribution in [1.29, 1.82) is 0 Å². The summed E-state index contributed by atoms with van der Waals surface area (Å²) in [7, 11) is 0. The molecule has 3 rings (SSSR count).